The summed E-state index contributed by atoms with van der Waals surface area (Å²) < 4.78 is 5.46. The summed E-state index contributed by atoms with van der Waals surface area (Å²) in [4.78, 5) is 11.2. The minimum absolute atomic E-state index is 0.164. The number of halogens is 3. The van der Waals surface area contributed by atoms with Crippen LogP contribution in [0.25, 0.3) is 11.1 Å². The molecule has 0 aromatic heterocycles. The molecule has 0 spiro atoms. The Morgan fingerprint density at radius 2 is 1.66 bits per heavy atom. The van der Waals surface area contributed by atoms with E-state index in [0.29, 0.717) is 38.4 Å². The molecule has 150 valence electrons. The summed E-state index contributed by atoms with van der Waals surface area (Å²) in [6, 6.07) is 15.7. The van der Waals surface area contributed by atoms with Crippen molar-refractivity contribution in [1.29, 1.82) is 0 Å². The van der Waals surface area contributed by atoms with Gasteiger partial charge in [-0.2, -0.15) is 0 Å². The third kappa shape index (κ3) is 5.15. The summed E-state index contributed by atoms with van der Waals surface area (Å²) >= 11 is 18.8. The molecule has 0 saturated carbocycles. The molecule has 3 N–H and O–H groups in total. The van der Waals surface area contributed by atoms with Gasteiger partial charge in [-0.25, -0.2) is 0 Å². The lowest BCUT2D eigenvalue weighted by atomic mass is 9.98. The van der Waals surface area contributed by atoms with Gasteiger partial charge in [0.25, 0.3) is 5.91 Å². The van der Waals surface area contributed by atoms with Gasteiger partial charge in [0.15, 0.2) is 6.10 Å². The summed E-state index contributed by atoms with van der Waals surface area (Å²) in [6.07, 6.45) is -0.350. The Bertz CT molecular complexity index is 1030. The highest BCUT2D eigenvalue weighted by Gasteiger charge is 2.15. The fourth-order valence-corrected chi connectivity index (χ4v) is 3.56. The van der Waals surface area contributed by atoms with Gasteiger partial charge in [0.05, 0.1) is 0 Å². The number of nitrogens with two attached hydrogens (primary N) is 1. The second-order valence-corrected chi connectivity index (χ2v) is 7.81. The number of amides is 1. The molecule has 1 amide bonds. The Balaban J connectivity index is 1.89. The lowest BCUT2D eigenvalue weighted by Gasteiger charge is -2.15. The standard InChI is InChI=1S/C22H18Cl3NO3/c1-12(22(26)28)29-16-10-19(24)18(20(25)11-16)9-13-2-7-21(27)17(8-13)14-3-5-15(23)6-4-14/h2-8,10-12,27H,9H2,1H3,(H2,26,28)/t12-/m1/s1. The van der Waals surface area contributed by atoms with Crippen molar-refractivity contribution in [2.24, 2.45) is 5.73 Å². The summed E-state index contributed by atoms with van der Waals surface area (Å²) in [5, 5.41) is 11.7. The molecule has 3 rings (SSSR count). The fraction of sp³-hybridized carbons (Fsp3) is 0.136. The molecule has 1 atom stereocenters. The first kappa shape index (κ1) is 21.3. The number of aromatic hydroxyl groups is 1. The SMILES string of the molecule is C[C@@H](Oc1cc(Cl)c(Cc2ccc(O)c(-c3ccc(Cl)cc3)c2)c(Cl)c1)C(N)=O. The lowest BCUT2D eigenvalue weighted by molar-refractivity contribution is -0.123. The monoisotopic (exact) mass is 449 g/mol. The Kier molecular flexibility index (Phi) is 6.58. The molecular weight excluding hydrogens is 433 g/mol. The van der Waals surface area contributed by atoms with E-state index in [-0.39, 0.29) is 5.75 Å². The smallest absolute Gasteiger partial charge is 0.258 e. The van der Waals surface area contributed by atoms with E-state index in [1.165, 1.54) is 0 Å². The molecule has 7 heteroatoms. The van der Waals surface area contributed by atoms with Gasteiger partial charge in [-0.3, -0.25) is 4.79 Å². The Morgan fingerprint density at radius 1 is 1.03 bits per heavy atom. The van der Waals surface area contributed by atoms with E-state index in [1.54, 1.807) is 43.3 Å². The van der Waals surface area contributed by atoms with Gasteiger partial charge in [0.2, 0.25) is 0 Å². The molecule has 0 radical (unpaired) electrons. The summed E-state index contributed by atoms with van der Waals surface area (Å²) in [6.45, 7) is 1.55. The van der Waals surface area contributed by atoms with Crippen LogP contribution in [0.3, 0.4) is 0 Å². The van der Waals surface area contributed by atoms with E-state index < -0.39 is 12.0 Å². The molecule has 29 heavy (non-hydrogen) atoms. The maximum absolute atomic E-state index is 11.2. The van der Waals surface area contributed by atoms with E-state index in [4.69, 9.17) is 45.3 Å². The maximum Gasteiger partial charge on any atom is 0.258 e. The summed E-state index contributed by atoms with van der Waals surface area (Å²) in [5.41, 5.74) is 8.36. The molecule has 0 aliphatic carbocycles. The number of phenols is 1. The third-order valence-electron chi connectivity index (χ3n) is 4.43. The van der Waals surface area contributed by atoms with Crippen molar-refractivity contribution in [3.05, 3.63) is 80.8 Å². The lowest BCUT2D eigenvalue weighted by Crippen LogP contribution is -2.30. The molecule has 0 saturated heterocycles. The van der Waals surface area contributed by atoms with Crippen molar-refractivity contribution >= 4 is 40.7 Å². The van der Waals surface area contributed by atoms with Gasteiger partial charge in [-0.1, -0.05) is 53.0 Å². The molecule has 4 nitrogen and oxygen atoms in total. The molecule has 0 fully saturated rings. The van der Waals surface area contributed by atoms with Crippen molar-refractivity contribution in [1.82, 2.24) is 0 Å². The first-order valence-corrected chi connectivity index (χ1v) is 9.89. The van der Waals surface area contributed by atoms with Crippen molar-refractivity contribution in [2.45, 2.75) is 19.4 Å². The Labute approximate surface area is 183 Å². The highest BCUT2D eigenvalue weighted by atomic mass is 35.5. The van der Waals surface area contributed by atoms with Crippen molar-refractivity contribution < 1.29 is 14.6 Å². The predicted octanol–water partition coefficient (Wildman–Crippen LogP) is 5.86. The van der Waals surface area contributed by atoms with Crippen LogP contribution in [0.15, 0.2) is 54.6 Å². The van der Waals surface area contributed by atoms with Gasteiger partial charge >= 0.3 is 0 Å². The van der Waals surface area contributed by atoms with E-state index in [9.17, 15) is 9.90 Å². The molecule has 3 aromatic rings. The number of carbonyl (C=O) groups is 1. The maximum atomic E-state index is 11.2. The number of primary amides is 1. The summed E-state index contributed by atoms with van der Waals surface area (Å²) in [5.74, 6) is -0.0554. The zero-order valence-corrected chi connectivity index (χ0v) is 17.7. The van der Waals surface area contributed by atoms with Gasteiger partial charge in [-0.15, -0.1) is 0 Å². The second-order valence-electron chi connectivity index (χ2n) is 6.56. The Morgan fingerprint density at radius 3 is 2.24 bits per heavy atom. The van der Waals surface area contributed by atoms with Crippen LogP contribution in [0.4, 0.5) is 0 Å². The molecule has 0 aliphatic rings. The highest BCUT2D eigenvalue weighted by Crippen LogP contribution is 2.35. The van der Waals surface area contributed by atoms with Gasteiger partial charge < -0.3 is 15.6 Å². The largest absolute Gasteiger partial charge is 0.507 e. The van der Waals surface area contributed by atoms with Crippen molar-refractivity contribution in [3.63, 3.8) is 0 Å². The van der Waals surface area contributed by atoms with Crippen molar-refractivity contribution in [3.8, 4) is 22.6 Å². The number of ether oxygens (including phenoxy) is 1. The number of phenolic OH excluding ortho intramolecular Hbond substituents is 1. The fourth-order valence-electron chi connectivity index (χ4n) is 2.84. The van der Waals surface area contributed by atoms with Gasteiger partial charge in [-0.05, 0) is 60.0 Å². The predicted molar refractivity (Wildman–Crippen MR) is 117 cm³/mol. The number of carbonyl (C=O) groups excluding carboxylic acids is 1. The van der Waals surface area contributed by atoms with Crippen LogP contribution in [0, 0.1) is 0 Å². The summed E-state index contributed by atoms with van der Waals surface area (Å²) in [7, 11) is 0. The zero-order chi connectivity index (χ0) is 21.1. The minimum Gasteiger partial charge on any atom is -0.507 e. The first-order valence-electron chi connectivity index (χ1n) is 8.76. The van der Waals surface area contributed by atoms with Crippen LogP contribution in [-0.2, 0) is 11.2 Å². The number of hydrogen-bond donors (Lipinski definition) is 2. The molecule has 3 aromatic carbocycles. The van der Waals surface area contributed by atoms with Crippen LogP contribution in [0.2, 0.25) is 15.1 Å². The number of rotatable bonds is 6. The minimum atomic E-state index is -0.799. The highest BCUT2D eigenvalue weighted by molar-refractivity contribution is 6.36. The van der Waals surface area contributed by atoms with E-state index >= 15 is 0 Å². The van der Waals surface area contributed by atoms with Crippen molar-refractivity contribution in [2.75, 3.05) is 0 Å². The first-order chi connectivity index (χ1) is 13.7. The average Bonchev–Trinajstić information content (AvgIpc) is 2.66. The van der Waals surface area contributed by atoms with E-state index in [1.807, 2.05) is 18.2 Å². The van der Waals surface area contributed by atoms with E-state index in [2.05, 4.69) is 0 Å². The molecule has 0 bridgehead atoms. The number of benzene rings is 3. The van der Waals surface area contributed by atoms with Crippen LogP contribution in [0.1, 0.15) is 18.1 Å². The van der Waals surface area contributed by atoms with E-state index in [0.717, 1.165) is 11.1 Å². The third-order valence-corrected chi connectivity index (χ3v) is 5.35. The van der Waals surface area contributed by atoms with Gasteiger partial charge in [0, 0.05) is 27.1 Å². The van der Waals surface area contributed by atoms with Crippen LogP contribution >= 0.6 is 34.8 Å². The number of hydrogen-bond acceptors (Lipinski definition) is 3. The Hall–Kier alpha value is -2.40. The van der Waals surface area contributed by atoms with Crippen LogP contribution in [0.5, 0.6) is 11.5 Å². The average molecular weight is 451 g/mol. The molecule has 0 unspecified atom stereocenters. The topological polar surface area (TPSA) is 72.6 Å². The second kappa shape index (κ2) is 8.95. The quantitative estimate of drug-likeness (QED) is 0.494. The zero-order valence-electron chi connectivity index (χ0n) is 15.5. The van der Waals surface area contributed by atoms with Crippen LogP contribution < -0.4 is 10.5 Å². The van der Waals surface area contributed by atoms with Gasteiger partial charge in [0.1, 0.15) is 11.5 Å². The van der Waals surface area contributed by atoms with Crippen LogP contribution in [-0.4, -0.2) is 17.1 Å². The molecular formula is C22H18Cl3NO3. The molecule has 0 heterocycles. The molecule has 0 aliphatic heterocycles. The normalized spacial score (nSPS) is 11.9.